The second kappa shape index (κ2) is 12.3. The topological polar surface area (TPSA) is 90.9 Å². The van der Waals surface area contributed by atoms with Crippen LogP contribution in [0.4, 0.5) is 5.82 Å². The second-order valence-electron chi connectivity index (χ2n) is 10.0. The molecule has 1 fully saturated rings. The van der Waals surface area contributed by atoms with Gasteiger partial charge in [-0.1, -0.05) is 6.07 Å². The molecule has 2 amide bonds. The lowest BCUT2D eigenvalue weighted by atomic mass is 10.1. The van der Waals surface area contributed by atoms with E-state index in [0.717, 1.165) is 74.6 Å². The highest BCUT2D eigenvalue weighted by atomic mass is 35.5. The molecule has 9 nitrogen and oxygen atoms in total. The lowest BCUT2D eigenvalue weighted by Crippen LogP contribution is -2.45. The van der Waals surface area contributed by atoms with Crippen LogP contribution in [0.2, 0.25) is 0 Å². The summed E-state index contributed by atoms with van der Waals surface area (Å²) in [5.74, 6) is 1.02. The minimum absolute atomic E-state index is 0. The molecule has 0 aliphatic carbocycles. The van der Waals surface area contributed by atoms with E-state index in [9.17, 15) is 9.59 Å². The first-order valence-electron chi connectivity index (χ1n) is 13.2. The normalized spacial score (nSPS) is 16.3. The molecule has 12 heteroatoms. The van der Waals surface area contributed by atoms with Crippen molar-refractivity contribution in [2.45, 2.75) is 13.8 Å². The first-order valence-corrected chi connectivity index (χ1v) is 14.9. The molecule has 0 radical (unpaired) electrons. The molecule has 41 heavy (non-hydrogen) atoms. The molecule has 3 aromatic heterocycles. The Morgan fingerprint density at radius 3 is 2.44 bits per heavy atom. The maximum Gasteiger partial charge on any atom is 0.275 e. The van der Waals surface area contributed by atoms with Gasteiger partial charge in [-0.2, -0.15) is 5.01 Å². The summed E-state index contributed by atoms with van der Waals surface area (Å²) in [6.07, 6.45) is 1.33. The number of nitrogens with one attached hydrogen (secondary N) is 1. The van der Waals surface area contributed by atoms with Crippen LogP contribution in [0.15, 0.2) is 53.4 Å². The number of hydrogen-bond donors (Lipinski definition) is 1. The maximum atomic E-state index is 12.6. The molecule has 0 atom stereocenters. The van der Waals surface area contributed by atoms with Gasteiger partial charge in [-0.05, 0) is 67.7 Å². The van der Waals surface area contributed by atoms with Crippen LogP contribution >= 0.6 is 35.1 Å². The Kier molecular flexibility index (Phi) is 8.71. The molecule has 5 heterocycles. The van der Waals surface area contributed by atoms with Gasteiger partial charge >= 0.3 is 0 Å². The molecule has 2 aliphatic rings. The van der Waals surface area contributed by atoms with Crippen LogP contribution in [0, 0.1) is 6.92 Å². The predicted octanol–water partition coefficient (Wildman–Crippen LogP) is 5.09. The number of halogens is 1. The van der Waals surface area contributed by atoms with Crippen molar-refractivity contribution in [2.75, 3.05) is 51.8 Å². The standard InChI is InChI=1S/C29H30N6O3S2.ClH/c1-18-17-23(36)35(29(18)37)32-27-24-19(2)25(40-28(24)31-26(30-27)22-5-4-16-39-22)20-6-8-21(9-7-20)38-15-14-34-12-10-33(3)11-13-34;/h4-9,16-17H,10-15H2,1-3H3,(H,30,31,32);1H. The summed E-state index contributed by atoms with van der Waals surface area (Å²) in [6.45, 7) is 9.57. The van der Waals surface area contributed by atoms with Crippen molar-refractivity contribution < 1.29 is 14.3 Å². The van der Waals surface area contributed by atoms with Crippen LogP contribution in [-0.2, 0) is 9.59 Å². The maximum absolute atomic E-state index is 12.6. The fraction of sp³-hybridized carbons (Fsp3) is 0.310. The highest BCUT2D eigenvalue weighted by molar-refractivity contribution is 7.22. The van der Waals surface area contributed by atoms with Crippen molar-refractivity contribution in [3.63, 3.8) is 0 Å². The van der Waals surface area contributed by atoms with Crippen LogP contribution in [-0.4, -0.2) is 83.0 Å². The highest BCUT2D eigenvalue weighted by Gasteiger charge is 2.30. The third kappa shape index (κ3) is 6.00. The van der Waals surface area contributed by atoms with Crippen LogP contribution in [0.3, 0.4) is 0 Å². The van der Waals surface area contributed by atoms with Crippen molar-refractivity contribution in [1.29, 1.82) is 0 Å². The average molecular weight is 611 g/mol. The molecule has 4 aromatic rings. The summed E-state index contributed by atoms with van der Waals surface area (Å²) in [4.78, 5) is 42.2. The number of imide groups is 1. The number of thiophene rings is 2. The minimum atomic E-state index is -0.414. The van der Waals surface area contributed by atoms with Gasteiger partial charge < -0.3 is 9.64 Å². The number of fused-ring (bicyclic) bond motifs is 1. The van der Waals surface area contributed by atoms with Gasteiger partial charge in [0.2, 0.25) is 0 Å². The molecule has 1 aromatic carbocycles. The quantitative estimate of drug-likeness (QED) is 0.276. The Morgan fingerprint density at radius 2 is 1.78 bits per heavy atom. The van der Waals surface area contributed by atoms with Gasteiger partial charge in [0.25, 0.3) is 11.8 Å². The van der Waals surface area contributed by atoms with Gasteiger partial charge in [0.05, 0.1) is 10.3 Å². The fourth-order valence-electron chi connectivity index (χ4n) is 4.88. The van der Waals surface area contributed by atoms with Crippen molar-refractivity contribution in [3.8, 4) is 26.9 Å². The lowest BCUT2D eigenvalue weighted by molar-refractivity contribution is -0.135. The van der Waals surface area contributed by atoms with E-state index in [0.29, 0.717) is 23.8 Å². The lowest BCUT2D eigenvalue weighted by Gasteiger charge is -2.32. The van der Waals surface area contributed by atoms with E-state index in [1.165, 1.54) is 17.4 Å². The van der Waals surface area contributed by atoms with E-state index < -0.39 is 5.91 Å². The van der Waals surface area contributed by atoms with Crippen molar-refractivity contribution in [1.82, 2.24) is 24.8 Å². The summed E-state index contributed by atoms with van der Waals surface area (Å²) in [5.41, 5.74) is 5.41. The molecule has 1 saturated heterocycles. The Morgan fingerprint density at radius 1 is 1.02 bits per heavy atom. The first-order chi connectivity index (χ1) is 19.4. The smallest absolute Gasteiger partial charge is 0.275 e. The molecule has 0 bridgehead atoms. The Hall–Kier alpha value is -3.35. The van der Waals surface area contributed by atoms with Crippen molar-refractivity contribution in [3.05, 3.63) is 59.0 Å². The largest absolute Gasteiger partial charge is 0.492 e. The van der Waals surface area contributed by atoms with Crippen LogP contribution < -0.4 is 10.2 Å². The predicted molar refractivity (Wildman–Crippen MR) is 167 cm³/mol. The number of hydrogen-bond acceptors (Lipinski definition) is 10. The molecular formula is C29H31ClN6O3S2. The van der Waals surface area contributed by atoms with Gasteiger partial charge in [-0.3, -0.25) is 19.9 Å². The Balaban J connectivity index is 0.00000337. The zero-order valence-electron chi connectivity index (χ0n) is 23.0. The monoisotopic (exact) mass is 610 g/mol. The van der Waals surface area contributed by atoms with Gasteiger partial charge in [-0.25, -0.2) is 9.97 Å². The number of carbonyl (C=O) groups excluding carboxylic acids is 2. The molecule has 6 rings (SSSR count). The minimum Gasteiger partial charge on any atom is -0.492 e. The molecule has 214 valence electrons. The van der Waals surface area contributed by atoms with Crippen LogP contribution in [0.1, 0.15) is 12.5 Å². The van der Waals surface area contributed by atoms with E-state index in [1.54, 1.807) is 18.3 Å². The van der Waals surface area contributed by atoms with Crippen molar-refractivity contribution >= 4 is 62.9 Å². The fourth-order valence-corrected chi connectivity index (χ4v) is 6.72. The summed E-state index contributed by atoms with van der Waals surface area (Å²) in [6, 6.07) is 12.0. The summed E-state index contributed by atoms with van der Waals surface area (Å²) >= 11 is 3.10. The number of likely N-dealkylation sites (N-methyl/N-ethyl adjacent to an activating group) is 1. The summed E-state index contributed by atoms with van der Waals surface area (Å²) in [7, 11) is 2.16. The zero-order chi connectivity index (χ0) is 27.8. The zero-order valence-corrected chi connectivity index (χ0v) is 25.5. The number of ether oxygens (including phenoxy) is 1. The summed E-state index contributed by atoms with van der Waals surface area (Å²) in [5, 5.41) is 3.77. The molecular weight excluding hydrogens is 580 g/mol. The number of benzene rings is 1. The first kappa shape index (κ1) is 29.2. The van der Waals surface area contributed by atoms with Gasteiger partial charge in [-0.15, -0.1) is 35.1 Å². The highest BCUT2D eigenvalue weighted by Crippen LogP contribution is 2.42. The van der Waals surface area contributed by atoms with Crippen LogP contribution in [0.25, 0.3) is 31.4 Å². The Labute approximate surface area is 252 Å². The van der Waals surface area contributed by atoms with E-state index >= 15 is 0 Å². The number of amides is 2. The molecule has 0 spiro atoms. The third-order valence-corrected chi connectivity index (χ3v) is 9.34. The Bertz CT molecular complexity index is 1600. The van der Waals surface area contributed by atoms with Crippen molar-refractivity contribution in [2.24, 2.45) is 0 Å². The molecule has 0 unspecified atom stereocenters. The second-order valence-corrected chi connectivity index (χ2v) is 12.0. The number of rotatable bonds is 8. The number of anilines is 1. The molecule has 0 saturated carbocycles. The van der Waals surface area contributed by atoms with E-state index in [2.05, 4.69) is 34.4 Å². The number of aromatic nitrogens is 2. The van der Waals surface area contributed by atoms with E-state index in [-0.39, 0.29) is 18.3 Å². The number of aryl methyl sites for hydroxylation is 1. The van der Waals surface area contributed by atoms with Gasteiger partial charge in [0.1, 0.15) is 17.2 Å². The molecule has 2 aliphatic heterocycles. The number of piperazine rings is 1. The number of hydrazine groups is 1. The molecule has 1 N–H and O–H groups in total. The number of carbonyl (C=O) groups is 2. The third-order valence-electron chi connectivity index (χ3n) is 7.24. The van der Waals surface area contributed by atoms with E-state index in [4.69, 9.17) is 14.7 Å². The summed E-state index contributed by atoms with van der Waals surface area (Å²) < 4.78 is 6.04. The van der Waals surface area contributed by atoms with Gasteiger partial charge in [0.15, 0.2) is 11.6 Å². The SMILES string of the molecule is CC1=CC(=O)N(Nc2nc(-c3cccs3)nc3sc(-c4ccc(OCCN5CCN(C)CC5)cc4)c(C)c23)C1=O.Cl. The number of nitrogens with zero attached hydrogens (tertiary/aromatic N) is 5. The van der Waals surface area contributed by atoms with E-state index in [1.807, 2.05) is 36.6 Å². The van der Waals surface area contributed by atoms with Gasteiger partial charge in [0, 0.05) is 49.3 Å². The average Bonchev–Trinajstić information content (AvgIpc) is 3.66. The van der Waals surface area contributed by atoms with Crippen LogP contribution in [0.5, 0.6) is 5.75 Å².